The van der Waals surface area contributed by atoms with Crippen LogP contribution in [0.5, 0.6) is 5.75 Å². The highest BCUT2D eigenvalue weighted by Gasteiger charge is 2.31. The van der Waals surface area contributed by atoms with E-state index < -0.39 is 6.36 Å². The maximum Gasteiger partial charge on any atom is 0.573 e. The summed E-state index contributed by atoms with van der Waals surface area (Å²) < 4.78 is 42.4. The SMILES string of the molecule is N#CCSc1nc2sc3c(c2c(=O)n1-c1ccc(OC(F)(F)F)cc1)CCC3. The number of aromatic nitrogens is 2. The first-order valence-corrected chi connectivity index (χ1v) is 10.1. The van der Waals surface area contributed by atoms with Gasteiger partial charge in [-0.1, -0.05) is 11.8 Å². The normalized spacial score (nSPS) is 13.5. The number of alkyl halides is 3. The van der Waals surface area contributed by atoms with E-state index in [0.717, 1.165) is 53.6 Å². The molecule has 0 bridgehead atoms. The van der Waals surface area contributed by atoms with Gasteiger partial charge >= 0.3 is 6.36 Å². The molecule has 1 aliphatic rings. The lowest BCUT2D eigenvalue weighted by molar-refractivity contribution is -0.274. The van der Waals surface area contributed by atoms with Crippen LogP contribution in [0, 0.1) is 11.3 Å². The molecular formula is C18H12F3N3O2S2. The number of ether oxygens (including phenoxy) is 1. The first-order valence-electron chi connectivity index (χ1n) is 8.30. The summed E-state index contributed by atoms with van der Waals surface area (Å²) in [5.74, 6) is -0.279. The van der Waals surface area contributed by atoms with Gasteiger partial charge in [-0.3, -0.25) is 9.36 Å². The van der Waals surface area contributed by atoms with Crippen molar-refractivity contribution < 1.29 is 17.9 Å². The average Bonchev–Trinajstić information content (AvgIpc) is 3.20. The fraction of sp³-hybridized carbons (Fsp3) is 0.278. The van der Waals surface area contributed by atoms with Crippen LogP contribution in [0.2, 0.25) is 0 Å². The molecule has 1 aromatic carbocycles. The van der Waals surface area contributed by atoms with Crippen molar-refractivity contribution in [3.05, 3.63) is 45.1 Å². The van der Waals surface area contributed by atoms with Gasteiger partial charge < -0.3 is 4.74 Å². The minimum absolute atomic E-state index is 0.0955. The molecule has 28 heavy (non-hydrogen) atoms. The number of nitrogens with zero attached hydrogens (tertiary/aromatic N) is 3. The van der Waals surface area contributed by atoms with Gasteiger partial charge in [0.15, 0.2) is 5.16 Å². The van der Waals surface area contributed by atoms with Crippen LogP contribution < -0.4 is 10.3 Å². The van der Waals surface area contributed by atoms with Crippen LogP contribution in [0.25, 0.3) is 15.9 Å². The zero-order valence-corrected chi connectivity index (χ0v) is 15.9. The zero-order valence-electron chi connectivity index (χ0n) is 14.2. The van der Waals surface area contributed by atoms with Crippen molar-refractivity contribution in [1.29, 1.82) is 5.26 Å². The molecule has 4 rings (SSSR count). The van der Waals surface area contributed by atoms with Crippen LogP contribution in [0.3, 0.4) is 0 Å². The van der Waals surface area contributed by atoms with Gasteiger partial charge in [0, 0.05) is 4.88 Å². The number of hydrogen-bond donors (Lipinski definition) is 0. The highest BCUT2D eigenvalue weighted by atomic mass is 32.2. The molecule has 5 nitrogen and oxygen atoms in total. The van der Waals surface area contributed by atoms with Gasteiger partial charge in [-0.15, -0.1) is 24.5 Å². The molecule has 1 aliphatic carbocycles. The van der Waals surface area contributed by atoms with Crippen molar-refractivity contribution in [1.82, 2.24) is 9.55 Å². The van der Waals surface area contributed by atoms with Crippen LogP contribution in [-0.2, 0) is 12.8 Å². The Balaban J connectivity index is 1.85. The summed E-state index contributed by atoms with van der Waals surface area (Å²) in [4.78, 5) is 19.6. The maximum absolute atomic E-state index is 13.3. The number of rotatable bonds is 4. The second-order valence-corrected chi connectivity index (χ2v) is 8.09. The summed E-state index contributed by atoms with van der Waals surface area (Å²) in [7, 11) is 0. The molecule has 0 fully saturated rings. The first-order chi connectivity index (χ1) is 13.4. The zero-order chi connectivity index (χ0) is 19.9. The molecule has 2 aromatic heterocycles. The summed E-state index contributed by atoms with van der Waals surface area (Å²) in [6, 6.07) is 7.05. The Kier molecular flexibility index (Phi) is 4.81. The van der Waals surface area contributed by atoms with Crippen molar-refractivity contribution in [2.75, 3.05) is 5.75 Å². The van der Waals surface area contributed by atoms with Crippen LogP contribution in [0.4, 0.5) is 13.2 Å². The van der Waals surface area contributed by atoms with E-state index in [1.165, 1.54) is 28.0 Å². The van der Waals surface area contributed by atoms with Crippen molar-refractivity contribution in [3.8, 4) is 17.5 Å². The number of halogens is 3. The molecule has 0 atom stereocenters. The number of aryl methyl sites for hydroxylation is 2. The van der Waals surface area contributed by atoms with Gasteiger partial charge in [-0.25, -0.2) is 4.98 Å². The third-order valence-corrected chi connectivity index (χ3v) is 6.29. The summed E-state index contributed by atoms with van der Waals surface area (Å²) in [6.45, 7) is 0. The minimum Gasteiger partial charge on any atom is -0.406 e. The summed E-state index contributed by atoms with van der Waals surface area (Å²) in [5, 5.41) is 9.81. The van der Waals surface area contributed by atoms with Crippen LogP contribution in [0.15, 0.2) is 34.2 Å². The van der Waals surface area contributed by atoms with Crippen molar-refractivity contribution in [3.63, 3.8) is 0 Å². The lowest BCUT2D eigenvalue weighted by atomic mass is 10.2. The van der Waals surface area contributed by atoms with Gasteiger partial charge in [0.05, 0.1) is 22.9 Å². The van der Waals surface area contributed by atoms with E-state index in [0.29, 0.717) is 21.1 Å². The number of fused-ring (bicyclic) bond motifs is 3. The molecule has 10 heteroatoms. The molecule has 3 aromatic rings. The van der Waals surface area contributed by atoms with Gasteiger partial charge in [0.25, 0.3) is 5.56 Å². The number of thiophene rings is 1. The van der Waals surface area contributed by atoms with Crippen molar-refractivity contribution in [2.45, 2.75) is 30.8 Å². The Morgan fingerprint density at radius 3 is 2.71 bits per heavy atom. The lowest BCUT2D eigenvalue weighted by Crippen LogP contribution is -2.22. The molecule has 0 amide bonds. The molecule has 0 aliphatic heterocycles. The van der Waals surface area contributed by atoms with Crippen LogP contribution >= 0.6 is 23.1 Å². The summed E-state index contributed by atoms with van der Waals surface area (Å²) >= 11 is 2.61. The topological polar surface area (TPSA) is 67.9 Å². The third-order valence-electron chi connectivity index (χ3n) is 4.30. The van der Waals surface area contributed by atoms with E-state index in [4.69, 9.17) is 5.26 Å². The molecule has 0 N–H and O–H groups in total. The fourth-order valence-corrected chi connectivity index (χ4v) is 5.22. The Bertz CT molecular complexity index is 1140. The summed E-state index contributed by atoms with van der Waals surface area (Å²) in [6.07, 6.45) is -2.07. The van der Waals surface area contributed by atoms with E-state index in [9.17, 15) is 18.0 Å². The number of hydrogen-bond acceptors (Lipinski definition) is 6. The van der Waals surface area contributed by atoms with Gasteiger partial charge in [0.1, 0.15) is 10.6 Å². The van der Waals surface area contributed by atoms with E-state index in [-0.39, 0.29) is 17.1 Å². The molecule has 144 valence electrons. The predicted octanol–water partition coefficient (Wildman–Crippen LogP) is 4.45. The summed E-state index contributed by atoms with van der Waals surface area (Å²) in [5.41, 5.74) is 1.11. The monoisotopic (exact) mass is 423 g/mol. The van der Waals surface area contributed by atoms with E-state index in [1.54, 1.807) is 0 Å². The molecule has 0 unspecified atom stereocenters. The van der Waals surface area contributed by atoms with Crippen molar-refractivity contribution in [2.24, 2.45) is 0 Å². The second-order valence-electron chi connectivity index (χ2n) is 6.06. The molecule has 0 saturated heterocycles. The van der Waals surface area contributed by atoms with Crippen LogP contribution in [-0.4, -0.2) is 21.7 Å². The highest BCUT2D eigenvalue weighted by molar-refractivity contribution is 7.99. The van der Waals surface area contributed by atoms with Gasteiger partial charge in [0.2, 0.25) is 0 Å². The molecule has 0 saturated carbocycles. The quantitative estimate of drug-likeness (QED) is 0.458. The average molecular weight is 423 g/mol. The largest absolute Gasteiger partial charge is 0.573 e. The van der Waals surface area contributed by atoms with Gasteiger partial charge in [-0.05, 0) is 49.1 Å². The third kappa shape index (κ3) is 3.47. The van der Waals surface area contributed by atoms with Crippen molar-refractivity contribution >= 4 is 33.3 Å². The highest BCUT2D eigenvalue weighted by Crippen LogP contribution is 2.36. The number of nitriles is 1. The Morgan fingerprint density at radius 1 is 1.29 bits per heavy atom. The van der Waals surface area contributed by atoms with Gasteiger partial charge in [-0.2, -0.15) is 5.26 Å². The Labute approximate surface area is 165 Å². The molecule has 0 radical (unpaired) electrons. The number of thioether (sulfide) groups is 1. The molecule has 0 spiro atoms. The fourth-order valence-electron chi connectivity index (χ4n) is 3.24. The second kappa shape index (κ2) is 7.14. The number of benzene rings is 1. The predicted molar refractivity (Wildman–Crippen MR) is 100 cm³/mol. The minimum atomic E-state index is -4.79. The first kappa shape index (κ1) is 18.8. The van der Waals surface area contributed by atoms with E-state index in [1.807, 2.05) is 6.07 Å². The maximum atomic E-state index is 13.3. The Hall–Kier alpha value is -2.51. The van der Waals surface area contributed by atoms with Crippen LogP contribution in [0.1, 0.15) is 16.9 Å². The molecule has 2 heterocycles. The Morgan fingerprint density at radius 2 is 2.04 bits per heavy atom. The van der Waals surface area contributed by atoms with E-state index in [2.05, 4.69) is 9.72 Å². The van der Waals surface area contributed by atoms with E-state index >= 15 is 0 Å². The standard InChI is InChI=1S/C18H12F3N3O2S2/c19-18(20,21)26-11-6-4-10(5-7-11)24-16(25)14-12-2-1-3-13(12)28-15(14)23-17(24)27-9-8-22/h4-7H,1-3,9H2. The molecular weight excluding hydrogens is 411 g/mol. The smallest absolute Gasteiger partial charge is 0.406 e. The lowest BCUT2D eigenvalue weighted by Gasteiger charge is -2.13.